The van der Waals surface area contributed by atoms with Gasteiger partial charge in [0, 0.05) is 37.6 Å². The normalized spacial score (nSPS) is 15.1. The zero-order chi connectivity index (χ0) is 26.8. The number of benzene rings is 2. The lowest BCUT2D eigenvalue weighted by Gasteiger charge is -2.26. The number of nitrogens with one attached hydrogen (secondary N) is 2. The second-order valence-corrected chi connectivity index (χ2v) is 9.59. The fraction of sp³-hybridized carbons (Fsp3) is 0.200. The summed E-state index contributed by atoms with van der Waals surface area (Å²) in [5.74, 6) is 0.380. The molecule has 0 radical (unpaired) electrons. The SMILES string of the molecule is C=N/C=C\C=C(/C)c1cnc2n[nH]c(-c3nc4c(-c5cc(F)cc(CN6CCOCC6)c5)cccc4[nH]3)c2c1. The van der Waals surface area contributed by atoms with Crippen LogP contribution >= 0.6 is 0 Å². The van der Waals surface area contributed by atoms with Crippen molar-refractivity contribution in [3.63, 3.8) is 0 Å². The summed E-state index contributed by atoms with van der Waals surface area (Å²) in [6.07, 6.45) is 7.22. The van der Waals surface area contributed by atoms with Gasteiger partial charge < -0.3 is 9.72 Å². The summed E-state index contributed by atoms with van der Waals surface area (Å²) in [6, 6.07) is 13.2. The van der Waals surface area contributed by atoms with Gasteiger partial charge in [0.25, 0.3) is 0 Å². The van der Waals surface area contributed by atoms with Crippen LogP contribution in [0.2, 0.25) is 0 Å². The highest BCUT2D eigenvalue weighted by atomic mass is 19.1. The number of imidazole rings is 1. The van der Waals surface area contributed by atoms with Crippen LogP contribution in [0, 0.1) is 5.82 Å². The molecule has 4 heterocycles. The molecule has 1 aliphatic rings. The average molecular weight is 522 g/mol. The fourth-order valence-corrected chi connectivity index (χ4v) is 4.94. The number of hydrogen-bond acceptors (Lipinski definition) is 6. The Kier molecular flexibility index (Phi) is 6.83. The molecule has 2 aromatic carbocycles. The number of H-pyrrole nitrogens is 2. The zero-order valence-corrected chi connectivity index (χ0v) is 21.6. The molecule has 0 unspecified atom stereocenters. The zero-order valence-electron chi connectivity index (χ0n) is 21.6. The first kappa shape index (κ1) is 24.8. The van der Waals surface area contributed by atoms with Crippen molar-refractivity contribution in [2.75, 3.05) is 26.3 Å². The Morgan fingerprint density at radius 2 is 2.08 bits per heavy atom. The van der Waals surface area contributed by atoms with Gasteiger partial charge in [0.15, 0.2) is 11.5 Å². The predicted molar refractivity (Wildman–Crippen MR) is 153 cm³/mol. The number of fused-ring (bicyclic) bond motifs is 2. The summed E-state index contributed by atoms with van der Waals surface area (Å²) in [5.41, 5.74) is 7.54. The van der Waals surface area contributed by atoms with Crippen molar-refractivity contribution in [1.29, 1.82) is 0 Å². The number of aliphatic imine (C=N–C) groups is 1. The maximum atomic E-state index is 14.8. The van der Waals surface area contributed by atoms with Gasteiger partial charge in [0.2, 0.25) is 0 Å². The predicted octanol–water partition coefficient (Wildman–Crippen LogP) is 5.76. The van der Waals surface area contributed by atoms with Crippen LogP contribution in [0.15, 0.2) is 72.0 Å². The Bertz CT molecular complexity index is 1730. The molecule has 0 aliphatic carbocycles. The quantitative estimate of drug-likeness (QED) is 0.210. The fourth-order valence-electron chi connectivity index (χ4n) is 4.94. The van der Waals surface area contributed by atoms with E-state index in [0.29, 0.717) is 31.2 Å². The molecule has 1 fully saturated rings. The second-order valence-electron chi connectivity index (χ2n) is 9.59. The van der Waals surface area contributed by atoms with Gasteiger partial charge >= 0.3 is 0 Å². The molecule has 2 N–H and O–H groups in total. The monoisotopic (exact) mass is 521 g/mol. The number of morpholine rings is 1. The Labute approximate surface area is 225 Å². The highest BCUT2D eigenvalue weighted by molar-refractivity contribution is 5.97. The lowest BCUT2D eigenvalue weighted by atomic mass is 10.0. The molecule has 0 spiro atoms. The van der Waals surface area contributed by atoms with Crippen LogP contribution in [0.25, 0.3) is 50.3 Å². The topological polar surface area (TPSA) is 95.1 Å². The molecule has 0 saturated carbocycles. The molecule has 0 bridgehead atoms. The minimum absolute atomic E-state index is 0.260. The van der Waals surface area contributed by atoms with Crippen molar-refractivity contribution in [3.8, 4) is 22.6 Å². The first-order chi connectivity index (χ1) is 19.1. The van der Waals surface area contributed by atoms with E-state index in [9.17, 15) is 4.39 Å². The van der Waals surface area contributed by atoms with Crippen molar-refractivity contribution in [2.24, 2.45) is 4.99 Å². The number of halogens is 1. The van der Waals surface area contributed by atoms with Gasteiger partial charge in [0.1, 0.15) is 11.5 Å². The molecule has 3 aromatic heterocycles. The van der Waals surface area contributed by atoms with E-state index in [4.69, 9.17) is 9.72 Å². The third kappa shape index (κ3) is 5.14. The molecule has 1 aliphatic heterocycles. The van der Waals surface area contributed by atoms with Crippen LogP contribution in [-0.4, -0.2) is 63.1 Å². The number of para-hydroxylation sites is 1. The summed E-state index contributed by atoms with van der Waals surface area (Å²) in [4.78, 5) is 18.9. The molecule has 0 amide bonds. The summed E-state index contributed by atoms with van der Waals surface area (Å²) < 4.78 is 20.2. The lowest BCUT2D eigenvalue weighted by molar-refractivity contribution is 0.0341. The van der Waals surface area contributed by atoms with E-state index in [1.807, 2.05) is 43.3 Å². The number of allylic oxidation sites excluding steroid dienone is 3. The molecule has 0 atom stereocenters. The molecule has 8 nitrogen and oxygen atoms in total. The van der Waals surface area contributed by atoms with Crippen LogP contribution in [-0.2, 0) is 11.3 Å². The molecule has 6 rings (SSSR count). The van der Waals surface area contributed by atoms with Crippen molar-refractivity contribution in [3.05, 3.63) is 84.0 Å². The van der Waals surface area contributed by atoms with E-state index in [1.54, 1.807) is 24.5 Å². The van der Waals surface area contributed by atoms with Crippen LogP contribution in [0.5, 0.6) is 0 Å². The highest BCUT2D eigenvalue weighted by Crippen LogP contribution is 2.33. The van der Waals surface area contributed by atoms with Gasteiger partial charge in [0.05, 0.1) is 29.6 Å². The molecular weight excluding hydrogens is 493 g/mol. The summed E-state index contributed by atoms with van der Waals surface area (Å²) in [5, 5.41) is 8.33. The Morgan fingerprint density at radius 1 is 1.21 bits per heavy atom. The van der Waals surface area contributed by atoms with Crippen molar-refractivity contribution in [2.45, 2.75) is 13.5 Å². The Balaban J connectivity index is 1.38. The lowest BCUT2D eigenvalue weighted by Crippen LogP contribution is -2.35. The second kappa shape index (κ2) is 10.7. The van der Waals surface area contributed by atoms with E-state index in [2.05, 4.69) is 42.8 Å². The number of hydrogen-bond donors (Lipinski definition) is 2. The molecule has 39 heavy (non-hydrogen) atoms. The number of aromatic nitrogens is 5. The van der Waals surface area contributed by atoms with Crippen molar-refractivity contribution < 1.29 is 9.13 Å². The molecule has 9 heteroatoms. The van der Waals surface area contributed by atoms with E-state index >= 15 is 0 Å². The van der Waals surface area contributed by atoms with Crippen molar-refractivity contribution in [1.82, 2.24) is 30.0 Å². The van der Waals surface area contributed by atoms with Gasteiger partial charge in [-0.2, -0.15) is 5.10 Å². The average Bonchev–Trinajstić information content (AvgIpc) is 3.57. The van der Waals surface area contributed by atoms with Crippen LogP contribution in [0.1, 0.15) is 18.1 Å². The minimum atomic E-state index is -0.260. The maximum Gasteiger partial charge on any atom is 0.181 e. The van der Waals surface area contributed by atoms with E-state index < -0.39 is 0 Å². The van der Waals surface area contributed by atoms with Gasteiger partial charge in [-0.1, -0.05) is 18.2 Å². The first-order valence-electron chi connectivity index (χ1n) is 12.8. The number of aromatic amines is 2. The summed E-state index contributed by atoms with van der Waals surface area (Å²) in [6.45, 7) is 9.25. The Hall–Kier alpha value is -4.47. The van der Waals surface area contributed by atoms with Gasteiger partial charge in [-0.05, 0) is 72.3 Å². The summed E-state index contributed by atoms with van der Waals surface area (Å²) >= 11 is 0. The third-order valence-corrected chi connectivity index (χ3v) is 6.93. The number of rotatable bonds is 7. The van der Waals surface area contributed by atoms with Gasteiger partial charge in [-0.15, -0.1) is 0 Å². The molecule has 196 valence electrons. The van der Waals surface area contributed by atoms with Crippen LogP contribution in [0.3, 0.4) is 0 Å². The van der Waals surface area contributed by atoms with E-state index in [0.717, 1.165) is 63.0 Å². The molecule has 1 saturated heterocycles. The first-order valence-corrected chi connectivity index (χ1v) is 12.8. The molecular formula is C30H28FN7O. The maximum absolute atomic E-state index is 14.8. The van der Waals surface area contributed by atoms with Crippen LogP contribution < -0.4 is 0 Å². The Morgan fingerprint density at radius 3 is 2.92 bits per heavy atom. The number of nitrogens with zero attached hydrogens (tertiary/aromatic N) is 5. The summed E-state index contributed by atoms with van der Waals surface area (Å²) in [7, 11) is 0. The standard InChI is InChI=1S/C30H28FN7O/c1-19(5-4-8-32-2)22-16-25-28(36-37-29(25)33-17-22)30-34-26-7-3-6-24(27(26)35-30)21-13-20(14-23(31)15-21)18-38-9-11-39-12-10-38/h3-8,13-17H,2,9-12,18H2,1H3,(H,34,35)(H,33,36,37)/b8-4-,19-5+. The number of pyridine rings is 1. The highest BCUT2D eigenvalue weighted by Gasteiger charge is 2.17. The number of ether oxygens (including phenoxy) is 1. The van der Waals surface area contributed by atoms with E-state index in [1.165, 1.54) is 0 Å². The largest absolute Gasteiger partial charge is 0.379 e. The van der Waals surface area contributed by atoms with Gasteiger partial charge in [-0.3, -0.25) is 15.0 Å². The minimum Gasteiger partial charge on any atom is -0.379 e. The molecule has 5 aromatic rings. The van der Waals surface area contributed by atoms with Crippen molar-refractivity contribution >= 4 is 34.4 Å². The smallest absolute Gasteiger partial charge is 0.181 e. The van der Waals surface area contributed by atoms with Crippen LogP contribution in [0.4, 0.5) is 4.39 Å². The van der Waals surface area contributed by atoms with Gasteiger partial charge in [-0.25, -0.2) is 14.4 Å². The van der Waals surface area contributed by atoms with E-state index in [-0.39, 0.29) is 5.82 Å². The third-order valence-electron chi connectivity index (χ3n) is 6.93.